The van der Waals surface area contributed by atoms with Gasteiger partial charge in [0, 0.05) is 23.2 Å². The molecule has 0 saturated heterocycles. The molecule has 0 bridgehead atoms. The number of pyridine rings is 1. The minimum Gasteiger partial charge on any atom is -0.349 e. The highest BCUT2D eigenvalue weighted by Crippen LogP contribution is 2.35. The molecule has 25 heavy (non-hydrogen) atoms. The monoisotopic (exact) mass is 359 g/mol. The standard InChI is InChI=1S/C17H21N5O2S/c1-17(2,3)19-15(23)14(12-6-4-5-9-18-12)22(11-7-8-11)16(24)13-10-25-21-20-13/h4-6,9-11,14H,7-8H2,1-3H3,(H,19,23)/t14-/m1/s1. The number of rotatable bonds is 5. The molecule has 0 unspecified atom stereocenters. The van der Waals surface area contributed by atoms with E-state index in [9.17, 15) is 9.59 Å². The summed E-state index contributed by atoms with van der Waals surface area (Å²) >= 11 is 1.12. The van der Waals surface area contributed by atoms with Gasteiger partial charge in [-0.2, -0.15) is 0 Å². The first-order valence-corrected chi connectivity index (χ1v) is 9.03. The second-order valence-electron chi connectivity index (χ2n) is 7.13. The van der Waals surface area contributed by atoms with Gasteiger partial charge in [0.1, 0.15) is 0 Å². The average molecular weight is 359 g/mol. The molecule has 0 aromatic carbocycles. The summed E-state index contributed by atoms with van der Waals surface area (Å²) in [6.45, 7) is 5.73. The average Bonchev–Trinajstić information content (AvgIpc) is 3.23. The second-order valence-corrected chi connectivity index (χ2v) is 7.74. The highest BCUT2D eigenvalue weighted by Gasteiger charge is 2.43. The molecule has 0 spiro atoms. The van der Waals surface area contributed by atoms with Gasteiger partial charge in [-0.15, -0.1) is 5.10 Å². The fourth-order valence-electron chi connectivity index (χ4n) is 2.62. The zero-order valence-corrected chi connectivity index (χ0v) is 15.3. The quantitative estimate of drug-likeness (QED) is 0.884. The first-order valence-electron chi connectivity index (χ1n) is 8.19. The zero-order chi connectivity index (χ0) is 18.0. The summed E-state index contributed by atoms with van der Waals surface area (Å²) in [6.07, 6.45) is 3.37. The maximum absolute atomic E-state index is 13.0. The molecule has 2 aromatic rings. The van der Waals surface area contributed by atoms with Gasteiger partial charge in [-0.05, 0) is 57.3 Å². The lowest BCUT2D eigenvalue weighted by molar-refractivity contribution is -0.127. The van der Waals surface area contributed by atoms with Crippen molar-refractivity contribution < 1.29 is 9.59 Å². The molecule has 2 heterocycles. The lowest BCUT2D eigenvalue weighted by Crippen LogP contribution is -2.50. The normalized spacial score (nSPS) is 15.5. The number of nitrogens with one attached hydrogen (secondary N) is 1. The molecule has 2 aromatic heterocycles. The van der Waals surface area contributed by atoms with Crippen LogP contribution < -0.4 is 5.32 Å². The van der Waals surface area contributed by atoms with E-state index < -0.39 is 11.6 Å². The van der Waals surface area contributed by atoms with Crippen molar-refractivity contribution in [2.75, 3.05) is 0 Å². The Hall–Kier alpha value is -2.35. The van der Waals surface area contributed by atoms with Crippen molar-refractivity contribution in [3.63, 3.8) is 0 Å². The second kappa shape index (κ2) is 6.87. The number of amides is 2. The minimum atomic E-state index is -0.790. The van der Waals surface area contributed by atoms with Crippen molar-refractivity contribution in [1.82, 2.24) is 24.8 Å². The Bertz CT molecular complexity index is 738. The maximum Gasteiger partial charge on any atom is 0.276 e. The van der Waals surface area contributed by atoms with E-state index in [1.165, 1.54) is 0 Å². The predicted octanol–water partition coefficient (Wildman–Crippen LogP) is 2.19. The van der Waals surface area contributed by atoms with Crippen molar-refractivity contribution >= 4 is 23.3 Å². The van der Waals surface area contributed by atoms with Crippen LogP contribution >= 0.6 is 11.5 Å². The van der Waals surface area contributed by atoms with E-state index in [-0.39, 0.29) is 23.6 Å². The van der Waals surface area contributed by atoms with E-state index in [4.69, 9.17) is 0 Å². The van der Waals surface area contributed by atoms with Gasteiger partial charge in [0.25, 0.3) is 5.91 Å². The van der Waals surface area contributed by atoms with Gasteiger partial charge in [-0.3, -0.25) is 14.6 Å². The van der Waals surface area contributed by atoms with Crippen LogP contribution in [0.5, 0.6) is 0 Å². The first-order chi connectivity index (χ1) is 11.9. The van der Waals surface area contributed by atoms with Crippen molar-refractivity contribution in [3.8, 4) is 0 Å². The van der Waals surface area contributed by atoms with Crippen LogP contribution in [0.25, 0.3) is 0 Å². The largest absolute Gasteiger partial charge is 0.349 e. The smallest absolute Gasteiger partial charge is 0.276 e. The van der Waals surface area contributed by atoms with Gasteiger partial charge >= 0.3 is 0 Å². The summed E-state index contributed by atoms with van der Waals surface area (Å²) in [6, 6.07) is 4.61. The van der Waals surface area contributed by atoms with Crippen molar-refractivity contribution in [3.05, 3.63) is 41.2 Å². The van der Waals surface area contributed by atoms with Crippen LogP contribution in [-0.2, 0) is 4.79 Å². The molecule has 1 aliphatic rings. The number of carbonyl (C=O) groups is 2. The Morgan fingerprint density at radius 1 is 1.32 bits per heavy atom. The molecule has 0 radical (unpaired) electrons. The van der Waals surface area contributed by atoms with Crippen LogP contribution in [0.2, 0.25) is 0 Å². The Kier molecular flexibility index (Phi) is 4.80. The molecule has 3 rings (SSSR count). The topological polar surface area (TPSA) is 88.1 Å². The van der Waals surface area contributed by atoms with Crippen LogP contribution in [0.15, 0.2) is 29.8 Å². The number of aromatic nitrogens is 3. The first kappa shape index (κ1) is 17.5. The lowest BCUT2D eigenvalue weighted by Gasteiger charge is -2.32. The van der Waals surface area contributed by atoms with Crippen molar-refractivity contribution in [2.45, 2.75) is 51.2 Å². The molecule has 0 aliphatic heterocycles. The molecule has 2 amide bonds. The van der Waals surface area contributed by atoms with E-state index in [0.29, 0.717) is 5.69 Å². The number of hydrogen-bond acceptors (Lipinski definition) is 6. The van der Waals surface area contributed by atoms with Gasteiger partial charge < -0.3 is 10.2 Å². The molecule has 1 N–H and O–H groups in total. The van der Waals surface area contributed by atoms with Gasteiger partial charge in [-0.25, -0.2) is 0 Å². The van der Waals surface area contributed by atoms with Gasteiger partial charge in [0.15, 0.2) is 11.7 Å². The summed E-state index contributed by atoms with van der Waals surface area (Å²) in [5.41, 5.74) is 0.402. The van der Waals surface area contributed by atoms with Gasteiger partial charge in [0.05, 0.1) is 5.69 Å². The predicted molar refractivity (Wildman–Crippen MR) is 94.0 cm³/mol. The molecule has 8 heteroatoms. The van der Waals surface area contributed by atoms with Crippen LogP contribution in [0.3, 0.4) is 0 Å². The summed E-state index contributed by atoms with van der Waals surface area (Å²) in [4.78, 5) is 32.0. The Morgan fingerprint density at radius 2 is 2.08 bits per heavy atom. The minimum absolute atomic E-state index is 0.0203. The van der Waals surface area contributed by atoms with E-state index in [2.05, 4.69) is 19.9 Å². The van der Waals surface area contributed by atoms with Crippen LogP contribution in [0.4, 0.5) is 0 Å². The third-order valence-corrected chi connectivity index (χ3v) is 4.25. The molecular weight excluding hydrogens is 338 g/mol. The number of carbonyl (C=O) groups excluding carboxylic acids is 2. The van der Waals surface area contributed by atoms with E-state index in [0.717, 1.165) is 24.4 Å². The third-order valence-electron chi connectivity index (χ3n) is 3.75. The summed E-state index contributed by atoms with van der Waals surface area (Å²) in [5.74, 6) is -0.523. The van der Waals surface area contributed by atoms with Crippen LogP contribution in [-0.4, -0.2) is 42.9 Å². The highest BCUT2D eigenvalue weighted by atomic mass is 32.1. The summed E-state index contributed by atoms with van der Waals surface area (Å²) < 4.78 is 3.77. The van der Waals surface area contributed by atoms with E-state index in [1.54, 1.807) is 28.6 Å². The highest BCUT2D eigenvalue weighted by molar-refractivity contribution is 7.03. The zero-order valence-electron chi connectivity index (χ0n) is 14.5. The third kappa shape index (κ3) is 4.19. The van der Waals surface area contributed by atoms with Crippen molar-refractivity contribution in [1.29, 1.82) is 0 Å². The molecule has 1 aliphatic carbocycles. The van der Waals surface area contributed by atoms with E-state index >= 15 is 0 Å². The summed E-state index contributed by atoms with van der Waals surface area (Å²) in [7, 11) is 0. The molecule has 1 atom stereocenters. The molecule has 7 nitrogen and oxygen atoms in total. The fourth-order valence-corrected chi connectivity index (χ4v) is 3.05. The van der Waals surface area contributed by atoms with Crippen molar-refractivity contribution in [2.24, 2.45) is 0 Å². The number of nitrogens with zero attached hydrogens (tertiary/aromatic N) is 4. The summed E-state index contributed by atoms with van der Waals surface area (Å²) in [5, 5.41) is 8.46. The molecule has 132 valence electrons. The Labute approximate surface area is 150 Å². The van der Waals surface area contributed by atoms with Gasteiger partial charge in [-0.1, -0.05) is 10.6 Å². The maximum atomic E-state index is 13.0. The Balaban J connectivity index is 1.99. The number of hydrogen-bond donors (Lipinski definition) is 1. The van der Waals surface area contributed by atoms with Gasteiger partial charge in [0.2, 0.25) is 5.91 Å². The lowest BCUT2D eigenvalue weighted by atomic mass is 10.0. The van der Waals surface area contributed by atoms with Crippen LogP contribution in [0, 0.1) is 0 Å². The molecule has 1 saturated carbocycles. The Morgan fingerprint density at radius 3 is 2.60 bits per heavy atom. The SMILES string of the molecule is CC(C)(C)NC(=O)[C@@H](c1ccccn1)N(C(=O)c1csnn1)C1CC1. The fraction of sp³-hybridized carbons (Fsp3) is 0.471. The molecular formula is C17H21N5O2S. The van der Waals surface area contributed by atoms with Crippen LogP contribution in [0.1, 0.15) is 55.8 Å². The molecule has 1 fully saturated rings. The van der Waals surface area contributed by atoms with E-state index in [1.807, 2.05) is 26.8 Å².